The first kappa shape index (κ1) is 18.7. The van der Waals surface area contributed by atoms with E-state index in [0.29, 0.717) is 10.9 Å². The van der Waals surface area contributed by atoms with E-state index in [1.165, 1.54) is 6.07 Å². The summed E-state index contributed by atoms with van der Waals surface area (Å²) in [5.41, 5.74) is 0.750. The largest absolute Gasteiger partial charge is 0.314 e. The summed E-state index contributed by atoms with van der Waals surface area (Å²) in [5.74, 6) is 0.284. The highest BCUT2D eigenvalue weighted by molar-refractivity contribution is 6.30. The lowest BCUT2D eigenvalue weighted by molar-refractivity contribution is 0.123. The van der Waals surface area contributed by atoms with Crippen LogP contribution in [0.5, 0.6) is 0 Å². The number of hydrogen-bond donors (Lipinski definition) is 1. The molecule has 0 bridgehead atoms. The van der Waals surface area contributed by atoms with Gasteiger partial charge in [0.2, 0.25) is 0 Å². The Kier molecular flexibility index (Phi) is 7.96. The molecule has 1 aromatic rings. The minimum Gasteiger partial charge on any atom is -0.314 e. The third-order valence-electron chi connectivity index (χ3n) is 4.10. The summed E-state index contributed by atoms with van der Waals surface area (Å²) in [7, 11) is 0. The molecule has 0 spiro atoms. The number of piperazine rings is 1. The fraction of sp³-hybridized carbons (Fsp3) is 0.625. The van der Waals surface area contributed by atoms with E-state index in [0.717, 1.165) is 44.6 Å². The van der Waals surface area contributed by atoms with E-state index in [1.54, 1.807) is 12.1 Å². The Morgan fingerprint density at radius 1 is 1.33 bits per heavy atom. The van der Waals surface area contributed by atoms with E-state index in [1.807, 2.05) is 0 Å². The topological polar surface area (TPSA) is 15.3 Å². The Bertz CT molecular complexity index is 436. The van der Waals surface area contributed by atoms with Crippen molar-refractivity contribution in [1.29, 1.82) is 0 Å². The van der Waals surface area contributed by atoms with Crippen molar-refractivity contribution < 1.29 is 4.39 Å². The molecule has 1 aromatic carbocycles. The predicted molar refractivity (Wildman–Crippen MR) is 89.9 cm³/mol. The van der Waals surface area contributed by atoms with E-state index in [4.69, 9.17) is 11.6 Å². The molecule has 1 saturated heterocycles. The molecule has 0 aliphatic carbocycles. The van der Waals surface area contributed by atoms with Crippen LogP contribution < -0.4 is 5.32 Å². The molecule has 0 radical (unpaired) electrons. The zero-order valence-electron chi connectivity index (χ0n) is 12.7. The standard InChI is InChI=1S/C16H24ClFN2.ClH/c1-3-4-12(2)16(20-9-7-19-8-10-20)14-11-13(17)5-6-15(14)18;/h5-6,11-12,16,19H,3-4,7-10H2,1-2H3;1H/t12?,16-;/m0./s1. The summed E-state index contributed by atoms with van der Waals surface area (Å²) >= 11 is 6.08. The Hall–Kier alpha value is -0.350. The van der Waals surface area contributed by atoms with Crippen molar-refractivity contribution in [2.75, 3.05) is 26.2 Å². The van der Waals surface area contributed by atoms with E-state index in [2.05, 4.69) is 24.1 Å². The molecule has 1 fully saturated rings. The van der Waals surface area contributed by atoms with Crippen molar-refractivity contribution in [3.05, 3.63) is 34.6 Å². The lowest BCUT2D eigenvalue weighted by Crippen LogP contribution is -2.46. The molecule has 0 saturated carbocycles. The molecule has 2 nitrogen and oxygen atoms in total. The van der Waals surface area contributed by atoms with Crippen LogP contribution in [0.15, 0.2) is 18.2 Å². The Morgan fingerprint density at radius 3 is 2.62 bits per heavy atom. The summed E-state index contributed by atoms with van der Waals surface area (Å²) in [6, 6.07) is 5.04. The highest BCUT2D eigenvalue weighted by Gasteiger charge is 2.29. The van der Waals surface area contributed by atoms with Gasteiger partial charge in [0.15, 0.2) is 0 Å². The summed E-state index contributed by atoms with van der Waals surface area (Å²) in [5, 5.41) is 3.97. The molecule has 1 aliphatic heterocycles. The lowest BCUT2D eigenvalue weighted by Gasteiger charge is -2.38. The molecule has 1 heterocycles. The van der Waals surface area contributed by atoms with Crippen LogP contribution in [0, 0.1) is 11.7 Å². The van der Waals surface area contributed by atoms with Crippen LogP contribution in [0.2, 0.25) is 5.02 Å². The smallest absolute Gasteiger partial charge is 0.128 e. The number of nitrogens with zero attached hydrogens (tertiary/aromatic N) is 1. The van der Waals surface area contributed by atoms with Crippen LogP contribution in [0.3, 0.4) is 0 Å². The average Bonchev–Trinajstić information content (AvgIpc) is 2.44. The second-order valence-electron chi connectivity index (χ2n) is 5.66. The van der Waals surface area contributed by atoms with E-state index >= 15 is 0 Å². The predicted octanol–water partition coefficient (Wildman–Crippen LogP) is 4.28. The summed E-state index contributed by atoms with van der Waals surface area (Å²) in [4.78, 5) is 2.39. The van der Waals surface area contributed by atoms with Gasteiger partial charge in [0.05, 0.1) is 0 Å². The Labute approximate surface area is 138 Å². The summed E-state index contributed by atoms with van der Waals surface area (Å²) in [6.45, 7) is 8.26. The fourth-order valence-electron chi connectivity index (χ4n) is 3.18. The third-order valence-corrected chi connectivity index (χ3v) is 4.34. The van der Waals surface area contributed by atoms with Gasteiger partial charge in [0.1, 0.15) is 5.82 Å². The maximum Gasteiger partial charge on any atom is 0.128 e. The molecule has 2 atom stereocenters. The minimum absolute atomic E-state index is 0. The normalized spacial score (nSPS) is 18.9. The molecule has 120 valence electrons. The van der Waals surface area contributed by atoms with Crippen molar-refractivity contribution in [3.63, 3.8) is 0 Å². The molecule has 0 aromatic heterocycles. The van der Waals surface area contributed by atoms with Crippen LogP contribution >= 0.6 is 24.0 Å². The van der Waals surface area contributed by atoms with Crippen LogP contribution in [0.25, 0.3) is 0 Å². The van der Waals surface area contributed by atoms with Crippen LogP contribution in [-0.2, 0) is 0 Å². The van der Waals surface area contributed by atoms with E-state index < -0.39 is 0 Å². The number of hydrogen-bond acceptors (Lipinski definition) is 2. The van der Waals surface area contributed by atoms with Crippen molar-refractivity contribution in [1.82, 2.24) is 10.2 Å². The van der Waals surface area contributed by atoms with Gasteiger partial charge in [0.25, 0.3) is 0 Å². The maximum atomic E-state index is 14.3. The average molecular weight is 335 g/mol. The Morgan fingerprint density at radius 2 is 2.00 bits per heavy atom. The number of nitrogens with one attached hydrogen (secondary N) is 1. The van der Waals surface area contributed by atoms with Gasteiger partial charge in [-0.1, -0.05) is 31.9 Å². The quantitative estimate of drug-likeness (QED) is 0.864. The number of benzene rings is 1. The van der Waals surface area contributed by atoms with Gasteiger partial charge in [0, 0.05) is 42.8 Å². The first-order valence-corrected chi connectivity index (χ1v) is 7.91. The van der Waals surface area contributed by atoms with Gasteiger partial charge in [-0.15, -0.1) is 12.4 Å². The van der Waals surface area contributed by atoms with Crippen molar-refractivity contribution in [2.45, 2.75) is 32.7 Å². The highest BCUT2D eigenvalue weighted by atomic mass is 35.5. The SMILES string of the molecule is CCCC(C)[C@@H](c1cc(Cl)ccc1F)N1CCNCC1.Cl. The second-order valence-corrected chi connectivity index (χ2v) is 6.10. The summed E-state index contributed by atoms with van der Waals surface area (Å²) < 4.78 is 14.3. The zero-order chi connectivity index (χ0) is 14.5. The van der Waals surface area contributed by atoms with Crippen LogP contribution in [0.4, 0.5) is 4.39 Å². The molecule has 1 aliphatic rings. The highest BCUT2D eigenvalue weighted by Crippen LogP contribution is 2.34. The molecule has 21 heavy (non-hydrogen) atoms. The zero-order valence-corrected chi connectivity index (χ0v) is 14.3. The van der Waals surface area contributed by atoms with Gasteiger partial charge >= 0.3 is 0 Å². The molecule has 0 amide bonds. The molecule has 1 N–H and O–H groups in total. The van der Waals surface area contributed by atoms with Gasteiger partial charge in [-0.05, 0) is 30.5 Å². The van der Waals surface area contributed by atoms with Gasteiger partial charge < -0.3 is 5.32 Å². The molecular formula is C16H25Cl2FN2. The minimum atomic E-state index is -0.138. The van der Waals surface area contributed by atoms with Crippen LogP contribution in [-0.4, -0.2) is 31.1 Å². The molecule has 2 rings (SSSR count). The lowest BCUT2D eigenvalue weighted by atomic mass is 9.89. The third kappa shape index (κ3) is 4.82. The first-order chi connectivity index (χ1) is 9.63. The van der Waals surface area contributed by atoms with E-state index in [9.17, 15) is 4.39 Å². The molecular weight excluding hydrogens is 310 g/mol. The fourth-order valence-corrected chi connectivity index (χ4v) is 3.36. The van der Waals surface area contributed by atoms with Crippen molar-refractivity contribution >= 4 is 24.0 Å². The second kappa shape index (κ2) is 8.94. The van der Waals surface area contributed by atoms with Gasteiger partial charge in [-0.2, -0.15) is 0 Å². The van der Waals surface area contributed by atoms with Gasteiger partial charge in [-0.3, -0.25) is 4.90 Å². The van der Waals surface area contributed by atoms with Crippen LogP contribution in [0.1, 0.15) is 38.3 Å². The maximum absolute atomic E-state index is 14.3. The van der Waals surface area contributed by atoms with E-state index in [-0.39, 0.29) is 24.3 Å². The molecule has 1 unspecified atom stereocenters. The number of rotatable bonds is 5. The summed E-state index contributed by atoms with van der Waals surface area (Å²) in [6.07, 6.45) is 2.21. The van der Waals surface area contributed by atoms with Crippen molar-refractivity contribution in [3.8, 4) is 0 Å². The number of halogens is 3. The molecule has 5 heteroatoms. The van der Waals surface area contributed by atoms with Gasteiger partial charge in [-0.25, -0.2) is 4.39 Å². The monoisotopic (exact) mass is 334 g/mol. The first-order valence-electron chi connectivity index (χ1n) is 7.53. The Balaban J connectivity index is 0.00000220. The van der Waals surface area contributed by atoms with Crippen molar-refractivity contribution in [2.24, 2.45) is 5.92 Å².